The summed E-state index contributed by atoms with van der Waals surface area (Å²) >= 11 is 0. The Kier molecular flexibility index (Phi) is 7.66. The SMILES string of the molecule is Cn1cc(C(=O)NCC2CCN(C(=O)CCNC(=O)C3CCCCC3)CC2)cn1. The number of rotatable bonds is 7. The predicted octanol–water partition coefficient (Wildman–Crippen LogP) is 1.48. The van der Waals surface area contributed by atoms with E-state index in [1.54, 1.807) is 24.1 Å². The zero-order valence-electron chi connectivity index (χ0n) is 17.4. The van der Waals surface area contributed by atoms with Gasteiger partial charge in [0.15, 0.2) is 0 Å². The molecule has 1 saturated heterocycles. The Morgan fingerprint density at radius 3 is 2.45 bits per heavy atom. The minimum atomic E-state index is -0.106. The smallest absolute Gasteiger partial charge is 0.254 e. The predicted molar refractivity (Wildman–Crippen MR) is 109 cm³/mol. The van der Waals surface area contributed by atoms with Crippen molar-refractivity contribution in [2.75, 3.05) is 26.2 Å². The topological polar surface area (TPSA) is 96.3 Å². The average molecular weight is 404 g/mol. The van der Waals surface area contributed by atoms with E-state index in [4.69, 9.17) is 0 Å². The van der Waals surface area contributed by atoms with Crippen molar-refractivity contribution in [3.05, 3.63) is 18.0 Å². The van der Waals surface area contributed by atoms with Gasteiger partial charge in [-0.2, -0.15) is 5.10 Å². The molecule has 8 nitrogen and oxygen atoms in total. The first-order valence-corrected chi connectivity index (χ1v) is 10.8. The highest BCUT2D eigenvalue weighted by atomic mass is 16.2. The molecule has 0 unspecified atom stereocenters. The van der Waals surface area contributed by atoms with Gasteiger partial charge in [0, 0.05) is 51.8 Å². The third-order valence-electron chi connectivity index (χ3n) is 6.10. The number of carbonyl (C=O) groups excluding carboxylic acids is 3. The van der Waals surface area contributed by atoms with Crippen LogP contribution in [-0.2, 0) is 16.6 Å². The number of hydrogen-bond donors (Lipinski definition) is 2. The molecule has 2 fully saturated rings. The Bertz CT molecular complexity index is 703. The molecule has 1 aromatic rings. The Balaban J connectivity index is 1.30. The molecule has 2 heterocycles. The monoisotopic (exact) mass is 403 g/mol. The van der Waals surface area contributed by atoms with Crippen molar-refractivity contribution < 1.29 is 14.4 Å². The number of nitrogens with one attached hydrogen (secondary N) is 2. The van der Waals surface area contributed by atoms with Gasteiger partial charge in [-0.25, -0.2) is 0 Å². The van der Waals surface area contributed by atoms with E-state index in [2.05, 4.69) is 15.7 Å². The summed E-state index contributed by atoms with van der Waals surface area (Å²) < 4.78 is 1.61. The largest absolute Gasteiger partial charge is 0.355 e. The number of aryl methyl sites for hydroxylation is 1. The number of amides is 3. The molecule has 8 heteroatoms. The van der Waals surface area contributed by atoms with Crippen LogP contribution in [0.3, 0.4) is 0 Å². The molecule has 0 spiro atoms. The fraction of sp³-hybridized carbons (Fsp3) is 0.714. The summed E-state index contributed by atoms with van der Waals surface area (Å²) in [5, 5.41) is 9.91. The molecular formula is C21H33N5O3. The molecule has 2 aliphatic rings. The maximum Gasteiger partial charge on any atom is 0.254 e. The van der Waals surface area contributed by atoms with E-state index in [0.717, 1.165) is 38.5 Å². The van der Waals surface area contributed by atoms with E-state index >= 15 is 0 Å². The standard InChI is InChI=1S/C21H33N5O3/c1-25-15-18(14-24-25)21(29)23-13-16-8-11-26(12-9-16)19(27)7-10-22-20(28)17-5-3-2-4-6-17/h14-17H,2-13H2,1H3,(H,22,28)(H,23,29). The number of nitrogens with zero attached hydrogens (tertiary/aromatic N) is 3. The van der Waals surface area contributed by atoms with Crippen LogP contribution >= 0.6 is 0 Å². The quantitative estimate of drug-likeness (QED) is 0.721. The molecule has 1 saturated carbocycles. The van der Waals surface area contributed by atoms with Crippen molar-refractivity contribution in [3.8, 4) is 0 Å². The zero-order chi connectivity index (χ0) is 20.6. The molecule has 160 valence electrons. The van der Waals surface area contributed by atoms with Gasteiger partial charge in [-0.05, 0) is 31.6 Å². The lowest BCUT2D eigenvalue weighted by molar-refractivity contribution is -0.132. The summed E-state index contributed by atoms with van der Waals surface area (Å²) in [4.78, 5) is 38.5. The number of aromatic nitrogens is 2. The van der Waals surface area contributed by atoms with E-state index < -0.39 is 0 Å². The van der Waals surface area contributed by atoms with Gasteiger partial charge in [0.25, 0.3) is 5.91 Å². The summed E-state index contributed by atoms with van der Waals surface area (Å²) in [6.45, 7) is 2.47. The number of piperidine rings is 1. The lowest BCUT2D eigenvalue weighted by atomic mass is 9.89. The summed E-state index contributed by atoms with van der Waals surface area (Å²) in [6.07, 6.45) is 10.8. The molecule has 3 amide bonds. The summed E-state index contributed by atoms with van der Waals surface area (Å²) in [6, 6.07) is 0. The van der Waals surface area contributed by atoms with E-state index in [1.165, 1.54) is 6.42 Å². The van der Waals surface area contributed by atoms with Crippen LogP contribution in [0.15, 0.2) is 12.4 Å². The van der Waals surface area contributed by atoms with E-state index in [-0.39, 0.29) is 23.6 Å². The Labute approximate surface area is 172 Å². The molecule has 0 atom stereocenters. The second-order valence-corrected chi connectivity index (χ2v) is 8.31. The molecule has 29 heavy (non-hydrogen) atoms. The molecule has 0 aromatic carbocycles. The van der Waals surface area contributed by atoms with Crippen LogP contribution in [0.4, 0.5) is 0 Å². The molecule has 1 aromatic heterocycles. The van der Waals surface area contributed by atoms with Crippen molar-refractivity contribution in [2.24, 2.45) is 18.9 Å². The van der Waals surface area contributed by atoms with Crippen molar-refractivity contribution in [1.29, 1.82) is 0 Å². The first-order chi connectivity index (χ1) is 14.0. The first kappa shape index (κ1) is 21.3. The third kappa shape index (κ3) is 6.30. The fourth-order valence-corrected chi connectivity index (χ4v) is 4.22. The van der Waals surface area contributed by atoms with Crippen LogP contribution in [0.1, 0.15) is 61.7 Å². The minimum absolute atomic E-state index is 0.104. The maximum absolute atomic E-state index is 12.4. The van der Waals surface area contributed by atoms with Crippen LogP contribution in [0.5, 0.6) is 0 Å². The molecule has 1 aliphatic heterocycles. The highest BCUT2D eigenvalue weighted by Crippen LogP contribution is 2.23. The van der Waals surface area contributed by atoms with E-state index in [1.807, 2.05) is 4.90 Å². The van der Waals surface area contributed by atoms with Crippen LogP contribution in [0.25, 0.3) is 0 Å². The van der Waals surface area contributed by atoms with Gasteiger partial charge in [-0.15, -0.1) is 0 Å². The Morgan fingerprint density at radius 2 is 1.79 bits per heavy atom. The van der Waals surface area contributed by atoms with Crippen LogP contribution < -0.4 is 10.6 Å². The highest BCUT2D eigenvalue weighted by Gasteiger charge is 2.24. The lowest BCUT2D eigenvalue weighted by Crippen LogP contribution is -2.42. The van der Waals surface area contributed by atoms with Crippen molar-refractivity contribution in [1.82, 2.24) is 25.3 Å². The second kappa shape index (κ2) is 10.4. The van der Waals surface area contributed by atoms with Gasteiger partial charge in [0.2, 0.25) is 11.8 Å². The Hall–Kier alpha value is -2.38. The van der Waals surface area contributed by atoms with Crippen molar-refractivity contribution in [3.63, 3.8) is 0 Å². The molecule has 1 aliphatic carbocycles. The number of hydrogen-bond acceptors (Lipinski definition) is 4. The van der Waals surface area contributed by atoms with Crippen molar-refractivity contribution in [2.45, 2.75) is 51.4 Å². The van der Waals surface area contributed by atoms with Gasteiger partial charge >= 0.3 is 0 Å². The first-order valence-electron chi connectivity index (χ1n) is 10.8. The van der Waals surface area contributed by atoms with Gasteiger partial charge < -0.3 is 15.5 Å². The van der Waals surface area contributed by atoms with Crippen molar-refractivity contribution >= 4 is 17.7 Å². The molecular weight excluding hydrogens is 370 g/mol. The highest BCUT2D eigenvalue weighted by molar-refractivity contribution is 5.93. The Morgan fingerprint density at radius 1 is 1.07 bits per heavy atom. The zero-order valence-corrected chi connectivity index (χ0v) is 17.4. The molecule has 0 radical (unpaired) electrons. The van der Waals surface area contributed by atoms with Crippen LogP contribution in [0.2, 0.25) is 0 Å². The second-order valence-electron chi connectivity index (χ2n) is 8.31. The fourth-order valence-electron chi connectivity index (χ4n) is 4.22. The average Bonchev–Trinajstić information content (AvgIpc) is 3.19. The number of carbonyl (C=O) groups is 3. The van der Waals surface area contributed by atoms with Gasteiger partial charge in [-0.3, -0.25) is 19.1 Å². The van der Waals surface area contributed by atoms with Gasteiger partial charge in [-0.1, -0.05) is 19.3 Å². The molecule has 2 N–H and O–H groups in total. The maximum atomic E-state index is 12.4. The normalized spacial score (nSPS) is 18.4. The third-order valence-corrected chi connectivity index (χ3v) is 6.10. The van der Waals surface area contributed by atoms with Crippen LogP contribution in [-0.4, -0.2) is 58.6 Å². The van der Waals surface area contributed by atoms with Gasteiger partial charge in [0.1, 0.15) is 0 Å². The molecule has 3 rings (SSSR count). The minimum Gasteiger partial charge on any atom is -0.355 e. The summed E-state index contributed by atoms with van der Waals surface area (Å²) in [5.74, 6) is 0.625. The lowest BCUT2D eigenvalue weighted by Gasteiger charge is -2.32. The summed E-state index contributed by atoms with van der Waals surface area (Å²) in [7, 11) is 1.78. The molecule has 0 bridgehead atoms. The number of likely N-dealkylation sites (tertiary alicyclic amines) is 1. The van der Waals surface area contributed by atoms with Crippen LogP contribution in [0, 0.1) is 11.8 Å². The van der Waals surface area contributed by atoms with Gasteiger partial charge in [0.05, 0.1) is 11.8 Å². The summed E-state index contributed by atoms with van der Waals surface area (Å²) in [5.41, 5.74) is 0.565. The van der Waals surface area contributed by atoms with E-state index in [0.29, 0.717) is 44.1 Å². The van der Waals surface area contributed by atoms with E-state index in [9.17, 15) is 14.4 Å².